The van der Waals surface area contributed by atoms with Crippen LogP contribution in [-0.2, 0) is 9.31 Å². The van der Waals surface area contributed by atoms with Gasteiger partial charge in [0.25, 0.3) is 0 Å². The Morgan fingerprint density at radius 1 is 1.22 bits per heavy atom. The van der Waals surface area contributed by atoms with E-state index in [9.17, 15) is 0 Å². The van der Waals surface area contributed by atoms with Crippen LogP contribution >= 0.6 is 11.6 Å². The first-order valence-electron chi connectivity index (χ1n) is 5.69. The summed E-state index contributed by atoms with van der Waals surface area (Å²) >= 11 is 5.85. The van der Waals surface area contributed by atoms with Crippen LogP contribution in [0, 0.1) is 11.3 Å². The number of halogens is 1. The average molecular weight is 265 g/mol. The van der Waals surface area contributed by atoms with Crippen molar-refractivity contribution >= 4 is 24.3 Å². The van der Waals surface area contributed by atoms with E-state index in [0.717, 1.165) is 0 Å². The standard InChI is InChI=1S/C12H14BClN2O2/c1-11(2)12(3,4)18-13(17-11)10-6-5-8(14)9(7-15)16-10/h5-6H,1-4H3. The smallest absolute Gasteiger partial charge is 0.398 e. The fourth-order valence-electron chi connectivity index (χ4n) is 1.63. The van der Waals surface area contributed by atoms with Gasteiger partial charge in [-0.3, -0.25) is 0 Å². The lowest BCUT2D eigenvalue weighted by atomic mass is 9.84. The molecule has 1 fully saturated rings. The molecule has 6 heteroatoms. The van der Waals surface area contributed by atoms with Crippen LogP contribution in [0.3, 0.4) is 0 Å². The first-order chi connectivity index (χ1) is 8.27. The summed E-state index contributed by atoms with van der Waals surface area (Å²) in [6.07, 6.45) is 0. The van der Waals surface area contributed by atoms with E-state index >= 15 is 0 Å². The first-order valence-corrected chi connectivity index (χ1v) is 6.07. The molecule has 0 unspecified atom stereocenters. The molecule has 2 heterocycles. The molecule has 1 aromatic heterocycles. The molecule has 0 bridgehead atoms. The molecular weight excluding hydrogens is 250 g/mol. The van der Waals surface area contributed by atoms with Gasteiger partial charge < -0.3 is 9.31 Å². The van der Waals surface area contributed by atoms with Crippen molar-refractivity contribution in [3.05, 3.63) is 22.8 Å². The zero-order valence-corrected chi connectivity index (χ0v) is 11.6. The molecule has 4 nitrogen and oxygen atoms in total. The van der Waals surface area contributed by atoms with Crippen LogP contribution in [0.25, 0.3) is 0 Å². The maximum Gasteiger partial charge on any atom is 0.514 e. The third kappa shape index (κ3) is 2.12. The van der Waals surface area contributed by atoms with Crippen LogP contribution in [0.15, 0.2) is 12.1 Å². The summed E-state index contributed by atoms with van der Waals surface area (Å²) in [5.41, 5.74) is -0.101. The van der Waals surface area contributed by atoms with Crippen LogP contribution in [0.4, 0.5) is 0 Å². The highest BCUT2D eigenvalue weighted by atomic mass is 35.5. The van der Waals surface area contributed by atoms with E-state index in [1.165, 1.54) is 0 Å². The van der Waals surface area contributed by atoms with Crippen molar-refractivity contribution in [1.29, 1.82) is 5.26 Å². The van der Waals surface area contributed by atoms with E-state index in [1.807, 2.05) is 33.8 Å². The third-order valence-corrected chi connectivity index (χ3v) is 3.77. The van der Waals surface area contributed by atoms with E-state index in [2.05, 4.69) is 4.98 Å². The summed E-state index contributed by atoms with van der Waals surface area (Å²) in [6, 6.07) is 5.29. The van der Waals surface area contributed by atoms with E-state index < -0.39 is 18.3 Å². The van der Waals surface area contributed by atoms with Gasteiger partial charge in [0.15, 0.2) is 5.69 Å². The van der Waals surface area contributed by atoms with E-state index in [4.69, 9.17) is 26.2 Å². The number of aromatic nitrogens is 1. The Balaban J connectivity index is 2.33. The quantitative estimate of drug-likeness (QED) is 0.727. The molecule has 18 heavy (non-hydrogen) atoms. The predicted octanol–water partition coefficient (Wildman–Crippen LogP) is 1.91. The van der Waals surface area contributed by atoms with Crippen molar-refractivity contribution in [2.75, 3.05) is 0 Å². The molecule has 0 aliphatic carbocycles. The highest BCUT2D eigenvalue weighted by molar-refractivity contribution is 6.61. The number of nitrogens with zero attached hydrogens (tertiary/aromatic N) is 2. The molecule has 0 N–H and O–H groups in total. The number of hydrogen-bond acceptors (Lipinski definition) is 4. The molecule has 0 spiro atoms. The summed E-state index contributed by atoms with van der Waals surface area (Å²) in [6.45, 7) is 7.87. The fraction of sp³-hybridized carbons (Fsp3) is 0.500. The van der Waals surface area contributed by atoms with Crippen molar-refractivity contribution in [3.8, 4) is 6.07 Å². The molecule has 0 atom stereocenters. The van der Waals surface area contributed by atoms with Crippen LogP contribution in [0.2, 0.25) is 5.02 Å². The monoisotopic (exact) mass is 264 g/mol. The fourth-order valence-corrected chi connectivity index (χ4v) is 1.78. The molecule has 1 aliphatic heterocycles. The minimum atomic E-state index is -0.570. The molecule has 1 saturated heterocycles. The van der Waals surface area contributed by atoms with Crippen LogP contribution in [0.1, 0.15) is 33.4 Å². The lowest BCUT2D eigenvalue weighted by Gasteiger charge is -2.32. The second kappa shape index (κ2) is 4.23. The first kappa shape index (κ1) is 13.3. The number of pyridine rings is 1. The maximum absolute atomic E-state index is 8.91. The molecule has 1 aromatic rings. The van der Waals surface area contributed by atoms with E-state index in [-0.39, 0.29) is 5.69 Å². The van der Waals surface area contributed by atoms with Gasteiger partial charge in [-0.05, 0) is 39.8 Å². The Kier molecular flexibility index (Phi) is 3.14. The topological polar surface area (TPSA) is 55.1 Å². The number of rotatable bonds is 1. The Morgan fingerprint density at radius 2 is 1.78 bits per heavy atom. The minimum absolute atomic E-state index is 0.184. The van der Waals surface area contributed by atoms with Gasteiger partial charge in [-0.2, -0.15) is 5.26 Å². The zero-order chi connectivity index (χ0) is 13.6. The van der Waals surface area contributed by atoms with Gasteiger partial charge in [-0.25, -0.2) is 4.98 Å². The second-order valence-corrected chi connectivity index (χ2v) is 5.67. The lowest BCUT2D eigenvalue weighted by molar-refractivity contribution is 0.00578. The van der Waals surface area contributed by atoms with Gasteiger partial charge in [0.2, 0.25) is 0 Å². The Hall–Kier alpha value is -1.09. The summed E-state index contributed by atoms with van der Waals surface area (Å²) in [4.78, 5) is 4.16. The average Bonchev–Trinajstić information content (AvgIpc) is 2.49. The Bertz CT molecular complexity index is 509. The lowest BCUT2D eigenvalue weighted by Crippen LogP contribution is -2.41. The third-order valence-electron chi connectivity index (χ3n) is 3.47. The van der Waals surface area contributed by atoms with Crippen LogP contribution in [0.5, 0.6) is 0 Å². The molecule has 94 valence electrons. The van der Waals surface area contributed by atoms with Crippen LogP contribution < -0.4 is 5.59 Å². The molecule has 2 rings (SSSR count). The SMILES string of the molecule is CC1(C)OB(c2ccc(Cl)c(C#N)n2)OC1(C)C. The van der Waals surface area contributed by atoms with Crippen molar-refractivity contribution in [2.24, 2.45) is 0 Å². The van der Waals surface area contributed by atoms with E-state index in [0.29, 0.717) is 10.6 Å². The number of hydrogen-bond donors (Lipinski definition) is 0. The molecule has 0 amide bonds. The van der Waals surface area contributed by atoms with Crippen molar-refractivity contribution < 1.29 is 9.31 Å². The summed E-state index contributed by atoms with van der Waals surface area (Å²) < 4.78 is 11.7. The number of nitriles is 1. The Morgan fingerprint density at radius 3 is 2.28 bits per heavy atom. The highest BCUT2D eigenvalue weighted by Crippen LogP contribution is 2.36. The molecule has 0 saturated carbocycles. The maximum atomic E-state index is 8.91. The van der Waals surface area contributed by atoms with Gasteiger partial charge in [-0.15, -0.1) is 0 Å². The minimum Gasteiger partial charge on any atom is -0.398 e. The molecule has 0 aromatic carbocycles. The van der Waals surface area contributed by atoms with Crippen molar-refractivity contribution in [2.45, 2.75) is 38.9 Å². The highest BCUT2D eigenvalue weighted by Gasteiger charge is 2.52. The van der Waals surface area contributed by atoms with Crippen LogP contribution in [-0.4, -0.2) is 23.3 Å². The van der Waals surface area contributed by atoms with Crippen molar-refractivity contribution in [1.82, 2.24) is 4.98 Å². The molecular formula is C12H14BClN2O2. The summed E-state index contributed by atoms with van der Waals surface area (Å²) in [7, 11) is -0.570. The summed E-state index contributed by atoms with van der Waals surface area (Å²) in [5.74, 6) is 0. The predicted molar refractivity (Wildman–Crippen MR) is 69.7 cm³/mol. The van der Waals surface area contributed by atoms with E-state index in [1.54, 1.807) is 12.1 Å². The second-order valence-electron chi connectivity index (χ2n) is 5.27. The zero-order valence-electron chi connectivity index (χ0n) is 10.8. The molecule has 1 aliphatic rings. The van der Waals surface area contributed by atoms with Gasteiger partial charge in [0.05, 0.1) is 21.8 Å². The van der Waals surface area contributed by atoms with Crippen molar-refractivity contribution in [3.63, 3.8) is 0 Å². The summed E-state index contributed by atoms with van der Waals surface area (Å²) in [5, 5.41) is 9.24. The Labute approximate surface area is 112 Å². The van der Waals surface area contributed by atoms with Gasteiger partial charge >= 0.3 is 7.12 Å². The van der Waals surface area contributed by atoms with Gasteiger partial charge in [0.1, 0.15) is 6.07 Å². The van der Waals surface area contributed by atoms with Gasteiger partial charge in [0, 0.05) is 0 Å². The largest absolute Gasteiger partial charge is 0.514 e. The van der Waals surface area contributed by atoms with Gasteiger partial charge in [-0.1, -0.05) is 11.6 Å². The molecule has 0 radical (unpaired) electrons. The normalized spacial score (nSPS) is 20.8.